The lowest BCUT2D eigenvalue weighted by Gasteiger charge is -2.17. The quantitative estimate of drug-likeness (QED) is 0.930. The minimum absolute atomic E-state index is 0.432. The third-order valence-electron chi connectivity index (χ3n) is 3.95. The second-order valence-corrected chi connectivity index (χ2v) is 5.49. The Labute approximate surface area is 118 Å². The predicted molar refractivity (Wildman–Crippen MR) is 75.4 cm³/mol. The SMILES string of the molecule is COc1ccc(C)cc1-c1nc(C2(N)CCCC2)no1. The number of benzene rings is 1. The molecule has 1 aliphatic rings. The van der Waals surface area contributed by atoms with Crippen LogP contribution in [-0.4, -0.2) is 17.3 Å². The highest BCUT2D eigenvalue weighted by Gasteiger charge is 2.36. The van der Waals surface area contributed by atoms with E-state index in [0.29, 0.717) is 11.7 Å². The van der Waals surface area contributed by atoms with Gasteiger partial charge in [0.1, 0.15) is 5.75 Å². The molecule has 1 saturated carbocycles. The van der Waals surface area contributed by atoms with E-state index in [9.17, 15) is 0 Å². The van der Waals surface area contributed by atoms with E-state index >= 15 is 0 Å². The molecule has 2 N–H and O–H groups in total. The Morgan fingerprint density at radius 2 is 2.05 bits per heavy atom. The Morgan fingerprint density at radius 3 is 2.75 bits per heavy atom. The third-order valence-corrected chi connectivity index (χ3v) is 3.95. The van der Waals surface area contributed by atoms with Gasteiger partial charge in [0.2, 0.25) is 0 Å². The van der Waals surface area contributed by atoms with E-state index in [1.54, 1.807) is 7.11 Å². The number of hydrogen-bond donors (Lipinski definition) is 1. The summed E-state index contributed by atoms with van der Waals surface area (Å²) in [5.41, 5.74) is 7.85. The first-order chi connectivity index (χ1) is 9.62. The van der Waals surface area contributed by atoms with Crippen LogP contribution in [0.15, 0.2) is 22.7 Å². The minimum Gasteiger partial charge on any atom is -0.496 e. The molecule has 1 aromatic heterocycles. The van der Waals surface area contributed by atoms with Gasteiger partial charge < -0.3 is 15.0 Å². The number of nitrogens with zero attached hydrogens (tertiary/aromatic N) is 2. The number of nitrogens with two attached hydrogens (primary N) is 1. The van der Waals surface area contributed by atoms with Crippen molar-refractivity contribution in [1.82, 2.24) is 10.1 Å². The molecule has 106 valence electrons. The normalized spacial score (nSPS) is 17.4. The molecule has 0 bridgehead atoms. The van der Waals surface area contributed by atoms with Gasteiger partial charge in [0, 0.05) is 0 Å². The lowest BCUT2D eigenvalue weighted by Crippen LogP contribution is -2.34. The first kappa shape index (κ1) is 13.1. The van der Waals surface area contributed by atoms with Gasteiger partial charge in [-0.1, -0.05) is 29.6 Å². The Morgan fingerprint density at radius 1 is 1.30 bits per heavy atom. The molecule has 0 unspecified atom stereocenters. The molecule has 0 spiro atoms. The molecule has 1 heterocycles. The van der Waals surface area contributed by atoms with Gasteiger partial charge in [0.25, 0.3) is 5.89 Å². The second kappa shape index (κ2) is 4.90. The summed E-state index contributed by atoms with van der Waals surface area (Å²) in [5, 5.41) is 4.08. The predicted octanol–water partition coefficient (Wildman–Crippen LogP) is 2.78. The van der Waals surface area contributed by atoms with Crippen LogP contribution in [0.4, 0.5) is 0 Å². The van der Waals surface area contributed by atoms with E-state index in [-0.39, 0.29) is 0 Å². The van der Waals surface area contributed by atoms with Crippen LogP contribution < -0.4 is 10.5 Å². The number of aryl methyl sites for hydroxylation is 1. The smallest absolute Gasteiger partial charge is 0.261 e. The van der Waals surface area contributed by atoms with Crippen LogP contribution >= 0.6 is 0 Å². The summed E-state index contributed by atoms with van der Waals surface area (Å²) >= 11 is 0. The Bertz CT molecular complexity index is 615. The highest BCUT2D eigenvalue weighted by molar-refractivity contribution is 5.63. The maximum Gasteiger partial charge on any atom is 0.261 e. The first-order valence-corrected chi connectivity index (χ1v) is 6.90. The number of aromatic nitrogens is 2. The van der Waals surface area contributed by atoms with Crippen molar-refractivity contribution in [2.75, 3.05) is 7.11 Å². The van der Waals surface area contributed by atoms with E-state index in [2.05, 4.69) is 10.1 Å². The monoisotopic (exact) mass is 273 g/mol. The van der Waals surface area contributed by atoms with Crippen molar-refractivity contribution < 1.29 is 9.26 Å². The van der Waals surface area contributed by atoms with Crippen LogP contribution in [0.3, 0.4) is 0 Å². The van der Waals surface area contributed by atoms with Crippen molar-refractivity contribution in [3.05, 3.63) is 29.6 Å². The van der Waals surface area contributed by atoms with Gasteiger partial charge in [-0.05, 0) is 31.9 Å². The molecule has 3 rings (SSSR count). The van der Waals surface area contributed by atoms with Gasteiger partial charge in [-0.2, -0.15) is 4.98 Å². The van der Waals surface area contributed by atoms with Gasteiger partial charge in [-0.25, -0.2) is 0 Å². The maximum absolute atomic E-state index is 6.36. The number of rotatable bonds is 3. The summed E-state index contributed by atoms with van der Waals surface area (Å²) in [6, 6.07) is 5.87. The molecule has 1 aromatic carbocycles. The Hall–Kier alpha value is -1.88. The molecular formula is C15H19N3O2. The molecule has 2 aromatic rings. The highest BCUT2D eigenvalue weighted by atomic mass is 16.5. The molecule has 0 amide bonds. The molecule has 0 radical (unpaired) electrons. The van der Waals surface area contributed by atoms with Crippen molar-refractivity contribution in [2.24, 2.45) is 5.73 Å². The van der Waals surface area contributed by atoms with E-state index in [1.807, 2.05) is 25.1 Å². The van der Waals surface area contributed by atoms with E-state index in [0.717, 1.165) is 42.6 Å². The number of hydrogen-bond acceptors (Lipinski definition) is 5. The zero-order valence-corrected chi connectivity index (χ0v) is 11.8. The van der Waals surface area contributed by atoms with Crippen molar-refractivity contribution >= 4 is 0 Å². The van der Waals surface area contributed by atoms with Crippen molar-refractivity contribution in [3.63, 3.8) is 0 Å². The van der Waals surface area contributed by atoms with Crippen molar-refractivity contribution in [1.29, 1.82) is 0 Å². The number of methoxy groups -OCH3 is 1. The van der Waals surface area contributed by atoms with E-state index in [1.165, 1.54) is 0 Å². The van der Waals surface area contributed by atoms with Crippen molar-refractivity contribution in [3.8, 4) is 17.2 Å². The number of ether oxygens (including phenoxy) is 1. The summed E-state index contributed by atoms with van der Waals surface area (Å²) in [4.78, 5) is 4.50. The largest absolute Gasteiger partial charge is 0.496 e. The lowest BCUT2D eigenvalue weighted by atomic mass is 9.98. The van der Waals surface area contributed by atoms with Crippen LogP contribution in [0.2, 0.25) is 0 Å². The Kier molecular flexibility index (Phi) is 3.22. The third kappa shape index (κ3) is 2.18. The average Bonchev–Trinajstić information content (AvgIpc) is 3.08. The zero-order valence-electron chi connectivity index (χ0n) is 11.8. The molecular weight excluding hydrogens is 254 g/mol. The van der Waals surface area contributed by atoms with Gasteiger partial charge in [-0.3, -0.25) is 0 Å². The standard InChI is InChI=1S/C15H19N3O2/c1-10-5-6-12(19-2)11(9-10)13-17-14(18-20-13)15(16)7-3-4-8-15/h5-6,9H,3-4,7-8,16H2,1-2H3. The fourth-order valence-electron chi connectivity index (χ4n) is 2.75. The molecule has 0 saturated heterocycles. The van der Waals surface area contributed by atoms with Gasteiger partial charge >= 0.3 is 0 Å². The van der Waals surface area contributed by atoms with Crippen molar-refractivity contribution in [2.45, 2.75) is 38.1 Å². The highest BCUT2D eigenvalue weighted by Crippen LogP contribution is 2.36. The average molecular weight is 273 g/mol. The van der Waals surface area contributed by atoms with Gasteiger partial charge in [0.15, 0.2) is 5.82 Å². The van der Waals surface area contributed by atoms with Crippen LogP contribution in [0.5, 0.6) is 5.75 Å². The molecule has 5 heteroatoms. The summed E-state index contributed by atoms with van der Waals surface area (Å²) in [6.07, 6.45) is 4.07. The lowest BCUT2D eigenvalue weighted by molar-refractivity contribution is 0.370. The molecule has 1 aliphatic carbocycles. The summed E-state index contributed by atoms with van der Waals surface area (Å²) in [5.74, 6) is 1.80. The summed E-state index contributed by atoms with van der Waals surface area (Å²) in [7, 11) is 1.63. The van der Waals surface area contributed by atoms with Crippen LogP contribution in [-0.2, 0) is 5.54 Å². The summed E-state index contributed by atoms with van der Waals surface area (Å²) < 4.78 is 10.8. The molecule has 1 fully saturated rings. The van der Waals surface area contributed by atoms with Crippen LogP contribution in [0.1, 0.15) is 37.1 Å². The second-order valence-electron chi connectivity index (χ2n) is 5.49. The summed E-state index contributed by atoms with van der Waals surface area (Å²) in [6.45, 7) is 2.02. The Balaban J connectivity index is 2.00. The topological polar surface area (TPSA) is 74.2 Å². The van der Waals surface area contributed by atoms with E-state index in [4.69, 9.17) is 15.0 Å². The van der Waals surface area contributed by atoms with E-state index < -0.39 is 5.54 Å². The fraction of sp³-hybridized carbons (Fsp3) is 0.467. The molecule has 5 nitrogen and oxygen atoms in total. The van der Waals surface area contributed by atoms with Gasteiger partial charge in [-0.15, -0.1) is 0 Å². The molecule has 0 aliphatic heterocycles. The molecule has 0 atom stereocenters. The zero-order chi connectivity index (χ0) is 14.2. The maximum atomic E-state index is 6.36. The molecule has 20 heavy (non-hydrogen) atoms. The minimum atomic E-state index is -0.432. The fourth-order valence-corrected chi connectivity index (χ4v) is 2.75. The first-order valence-electron chi connectivity index (χ1n) is 6.90. The van der Waals surface area contributed by atoms with Gasteiger partial charge in [0.05, 0.1) is 18.2 Å². The van der Waals surface area contributed by atoms with Crippen LogP contribution in [0.25, 0.3) is 11.5 Å². The van der Waals surface area contributed by atoms with Crippen LogP contribution in [0, 0.1) is 6.92 Å².